The monoisotopic (exact) mass is 501 g/mol. The summed E-state index contributed by atoms with van der Waals surface area (Å²) in [5.41, 5.74) is 2.76. The van der Waals surface area contributed by atoms with Gasteiger partial charge in [-0.1, -0.05) is 6.07 Å². The number of fused-ring (bicyclic) bond motifs is 1. The molecule has 4 aromatic rings. The Morgan fingerprint density at radius 1 is 1.06 bits per heavy atom. The van der Waals surface area contributed by atoms with Crippen LogP contribution in [0.1, 0.15) is 19.4 Å². The number of aromatic nitrogens is 2. The smallest absolute Gasteiger partial charge is 0.238 e. The van der Waals surface area contributed by atoms with Gasteiger partial charge in [-0.25, -0.2) is 26.9 Å². The van der Waals surface area contributed by atoms with Crippen LogP contribution >= 0.6 is 0 Å². The molecule has 0 amide bonds. The molecular weight excluding hydrogens is 476 g/mol. The molecule has 0 aliphatic carbocycles. The Labute approximate surface area is 202 Å². The molecule has 1 N–H and O–H groups in total. The normalized spacial score (nSPS) is 11.9. The van der Waals surface area contributed by atoms with Crippen molar-refractivity contribution >= 4 is 20.9 Å². The minimum Gasteiger partial charge on any atom is -0.479 e. The Morgan fingerprint density at radius 2 is 1.80 bits per heavy atom. The van der Waals surface area contributed by atoms with E-state index in [9.17, 15) is 17.2 Å². The first kappa shape index (κ1) is 24.6. The lowest BCUT2D eigenvalue weighted by atomic mass is 10.0. The van der Waals surface area contributed by atoms with Crippen molar-refractivity contribution in [1.29, 1.82) is 0 Å². The summed E-state index contributed by atoms with van der Waals surface area (Å²) in [6.07, 6.45) is 3.48. The fourth-order valence-electron chi connectivity index (χ4n) is 3.70. The molecule has 0 atom stereocenters. The van der Waals surface area contributed by atoms with Gasteiger partial charge in [0.1, 0.15) is 17.1 Å². The van der Waals surface area contributed by atoms with Gasteiger partial charge in [-0.15, -0.1) is 0 Å². The van der Waals surface area contributed by atoms with E-state index in [1.165, 1.54) is 13.2 Å². The zero-order valence-electron chi connectivity index (χ0n) is 19.7. The molecule has 7 nitrogen and oxygen atoms in total. The highest BCUT2D eigenvalue weighted by Gasteiger charge is 2.20. The number of halogens is 2. The number of nitrogens with one attached hydrogen (secondary N) is 1. The van der Waals surface area contributed by atoms with E-state index < -0.39 is 26.9 Å². The van der Waals surface area contributed by atoms with Crippen molar-refractivity contribution in [2.75, 3.05) is 7.11 Å². The van der Waals surface area contributed by atoms with Crippen molar-refractivity contribution < 1.29 is 26.7 Å². The molecule has 184 valence electrons. The van der Waals surface area contributed by atoms with Crippen LogP contribution in [0.2, 0.25) is 0 Å². The van der Waals surface area contributed by atoms with Gasteiger partial charge >= 0.3 is 0 Å². The highest BCUT2D eigenvalue weighted by molar-refractivity contribution is 7.90. The number of hydrogen-bond acceptors (Lipinski definition) is 5. The molecule has 0 bridgehead atoms. The topological polar surface area (TPSA) is 82.4 Å². The molecule has 2 aromatic carbocycles. The standard InChI is InChI=1S/C25H25F2N3O4S/c1-15(2)35(31,32)29-13-16-5-7-22(34-23-8-6-17(26)12-21(23)27)19(11-16)20-14-30(3)24-18(20)9-10-28-25(24)33-4/h5-12,14-15,29H,13H2,1-4H3. The Morgan fingerprint density at radius 3 is 2.49 bits per heavy atom. The Hall–Kier alpha value is -3.50. The summed E-state index contributed by atoms with van der Waals surface area (Å²) in [6.45, 7) is 3.26. The molecule has 4 rings (SSSR count). The van der Waals surface area contributed by atoms with E-state index in [4.69, 9.17) is 9.47 Å². The molecule has 2 heterocycles. The zero-order chi connectivity index (χ0) is 25.3. The predicted molar refractivity (Wildman–Crippen MR) is 130 cm³/mol. The Balaban J connectivity index is 1.84. The SMILES string of the molecule is COc1nccc2c(-c3cc(CNS(=O)(=O)C(C)C)ccc3Oc3ccc(F)cc3F)cn(C)c12. The molecule has 10 heteroatoms. The minimum absolute atomic E-state index is 0.0638. The summed E-state index contributed by atoms with van der Waals surface area (Å²) < 4.78 is 68.0. The van der Waals surface area contributed by atoms with Crippen LogP contribution in [0, 0.1) is 11.6 Å². The maximum absolute atomic E-state index is 14.4. The third-order valence-corrected chi connectivity index (χ3v) is 7.38. The van der Waals surface area contributed by atoms with E-state index in [1.54, 1.807) is 38.2 Å². The van der Waals surface area contributed by atoms with Gasteiger partial charge in [0, 0.05) is 48.6 Å². The maximum atomic E-state index is 14.4. The van der Waals surface area contributed by atoms with Crippen LogP contribution < -0.4 is 14.2 Å². The molecule has 0 saturated carbocycles. The van der Waals surface area contributed by atoms with E-state index >= 15 is 0 Å². The van der Waals surface area contributed by atoms with Crippen molar-refractivity contribution in [1.82, 2.24) is 14.3 Å². The Bertz CT molecular complexity index is 1500. The molecule has 0 radical (unpaired) electrons. The van der Waals surface area contributed by atoms with E-state index in [0.717, 1.165) is 28.6 Å². The number of pyridine rings is 1. The molecule has 0 fully saturated rings. The summed E-state index contributed by atoms with van der Waals surface area (Å²) in [5, 5.41) is 0.229. The average molecular weight is 502 g/mol. The number of hydrogen-bond donors (Lipinski definition) is 1. The number of rotatable bonds is 8. The molecule has 0 aliphatic heterocycles. The van der Waals surface area contributed by atoms with Gasteiger partial charge in [0.25, 0.3) is 0 Å². The summed E-state index contributed by atoms with van der Waals surface area (Å²) >= 11 is 0. The third-order valence-electron chi connectivity index (χ3n) is 5.60. The van der Waals surface area contributed by atoms with Gasteiger partial charge in [-0.3, -0.25) is 0 Å². The third kappa shape index (κ3) is 4.98. The highest BCUT2D eigenvalue weighted by atomic mass is 32.2. The first-order valence-corrected chi connectivity index (χ1v) is 12.4. The molecule has 0 spiro atoms. The van der Waals surface area contributed by atoms with Crippen molar-refractivity contribution in [2.45, 2.75) is 25.6 Å². The molecule has 0 aliphatic rings. The molecule has 2 aromatic heterocycles. The van der Waals surface area contributed by atoms with E-state index in [2.05, 4.69) is 9.71 Å². The highest BCUT2D eigenvalue weighted by Crippen LogP contribution is 2.40. The van der Waals surface area contributed by atoms with Crippen LogP contribution in [0.15, 0.2) is 54.9 Å². The number of nitrogens with zero attached hydrogens (tertiary/aromatic N) is 2. The zero-order valence-corrected chi connectivity index (χ0v) is 20.5. The minimum atomic E-state index is -3.48. The van der Waals surface area contributed by atoms with E-state index in [-0.39, 0.29) is 12.3 Å². The van der Waals surface area contributed by atoms with Crippen LogP contribution in [0.4, 0.5) is 8.78 Å². The molecule has 35 heavy (non-hydrogen) atoms. The fourth-order valence-corrected chi connectivity index (χ4v) is 4.40. The van der Waals surface area contributed by atoms with E-state index in [0.29, 0.717) is 22.8 Å². The first-order chi connectivity index (χ1) is 16.6. The lowest BCUT2D eigenvalue weighted by molar-refractivity contribution is 0.401. The molecular formula is C25H25F2N3O4S. The second-order valence-electron chi connectivity index (χ2n) is 8.29. The second kappa shape index (κ2) is 9.63. The van der Waals surface area contributed by atoms with Crippen molar-refractivity contribution in [3.05, 3.63) is 72.1 Å². The summed E-state index contributed by atoms with van der Waals surface area (Å²) in [6, 6.07) is 10.0. The summed E-state index contributed by atoms with van der Waals surface area (Å²) in [5.74, 6) is -0.941. The van der Waals surface area contributed by atoms with Gasteiger partial charge in [0.15, 0.2) is 11.6 Å². The fraction of sp³-hybridized carbons (Fsp3) is 0.240. The summed E-state index contributed by atoms with van der Waals surface area (Å²) in [7, 11) is -0.103. The van der Waals surface area contributed by atoms with Gasteiger partial charge < -0.3 is 14.0 Å². The maximum Gasteiger partial charge on any atom is 0.238 e. The lowest BCUT2D eigenvalue weighted by Gasteiger charge is -2.15. The van der Waals surface area contributed by atoms with Gasteiger partial charge in [-0.05, 0) is 49.7 Å². The van der Waals surface area contributed by atoms with Crippen LogP contribution in [-0.2, 0) is 23.6 Å². The van der Waals surface area contributed by atoms with Gasteiger partial charge in [-0.2, -0.15) is 0 Å². The van der Waals surface area contributed by atoms with Crippen LogP contribution in [-0.4, -0.2) is 30.3 Å². The van der Waals surface area contributed by atoms with Crippen molar-refractivity contribution in [3.8, 4) is 28.5 Å². The number of aryl methyl sites for hydroxylation is 1. The van der Waals surface area contributed by atoms with E-state index in [1.807, 2.05) is 23.9 Å². The average Bonchev–Trinajstić information content (AvgIpc) is 3.16. The molecule has 0 unspecified atom stereocenters. The van der Waals surface area contributed by atoms with Gasteiger partial charge in [0.05, 0.1) is 12.4 Å². The van der Waals surface area contributed by atoms with Crippen LogP contribution in [0.3, 0.4) is 0 Å². The number of ether oxygens (including phenoxy) is 2. The number of benzene rings is 2. The Kier molecular flexibility index (Phi) is 6.77. The van der Waals surface area contributed by atoms with Crippen LogP contribution in [0.25, 0.3) is 22.0 Å². The van der Waals surface area contributed by atoms with Crippen LogP contribution in [0.5, 0.6) is 17.4 Å². The lowest BCUT2D eigenvalue weighted by Crippen LogP contribution is -2.30. The second-order valence-corrected chi connectivity index (χ2v) is 10.6. The largest absolute Gasteiger partial charge is 0.479 e. The number of methoxy groups -OCH3 is 1. The molecule has 0 saturated heterocycles. The van der Waals surface area contributed by atoms with Crippen molar-refractivity contribution in [3.63, 3.8) is 0 Å². The van der Waals surface area contributed by atoms with Gasteiger partial charge in [0.2, 0.25) is 15.9 Å². The summed E-state index contributed by atoms with van der Waals surface area (Å²) in [4.78, 5) is 4.26. The first-order valence-electron chi connectivity index (χ1n) is 10.8. The van der Waals surface area contributed by atoms with Crippen molar-refractivity contribution in [2.24, 2.45) is 7.05 Å². The quantitative estimate of drug-likeness (QED) is 0.361. The predicted octanol–water partition coefficient (Wildman–Crippen LogP) is 5.15. The number of sulfonamides is 1.